The third kappa shape index (κ3) is 3.68. The van der Waals surface area contributed by atoms with Crippen LogP contribution in [0.2, 0.25) is 0 Å². The Labute approximate surface area is 129 Å². The lowest BCUT2D eigenvalue weighted by atomic mass is 10.2. The van der Waals surface area contributed by atoms with Gasteiger partial charge in [0.1, 0.15) is 6.61 Å². The van der Waals surface area contributed by atoms with Crippen LogP contribution in [0, 0.1) is 0 Å². The second-order valence-electron chi connectivity index (χ2n) is 5.04. The zero-order valence-corrected chi connectivity index (χ0v) is 13.4. The van der Waals surface area contributed by atoms with E-state index in [4.69, 9.17) is 16.3 Å². The summed E-state index contributed by atoms with van der Waals surface area (Å²) in [5.74, 6) is 1.39. The second kappa shape index (κ2) is 6.36. The Morgan fingerprint density at radius 1 is 1.29 bits per heavy atom. The smallest absolute Gasteiger partial charge is 0.226 e. The van der Waals surface area contributed by atoms with E-state index in [-0.39, 0.29) is 11.9 Å². The number of benzene rings is 1. The van der Waals surface area contributed by atoms with Gasteiger partial charge in [0.05, 0.1) is 0 Å². The Bertz CT molecular complexity index is 570. The minimum Gasteiger partial charge on any atom is -0.368 e. The standard InChI is InChI=1S/C14H21N5OS/c1-4-21-11-8-6-5-7-10(11)9-20-19-13(16)17-12(15)18-14(19,2)3/h5-8H,4,9H2,1-3H3,(H4,15,16,17,18). The Morgan fingerprint density at radius 3 is 2.67 bits per heavy atom. The minimum atomic E-state index is -0.678. The van der Waals surface area contributed by atoms with Gasteiger partial charge in [-0.1, -0.05) is 25.1 Å². The van der Waals surface area contributed by atoms with Crippen LogP contribution in [0.15, 0.2) is 39.1 Å². The summed E-state index contributed by atoms with van der Waals surface area (Å²) in [6, 6.07) is 8.14. The molecule has 21 heavy (non-hydrogen) atoms. The first-order valence-corrected chi connectivity index (χ1v) is 7.76. The van der Waals surface area contributed by atoms with Crippen LogP contribution < -0.4 is 11.5 Å². The van der Waals surface area contributed by atoms with Crippen LogP contribution in [0.1, 0.15) is 26.3 Å². The van der Waals surface area contributed by atoms with E-state index < -0.39 is 5.66 Å². The lowest BCUT2D eigenvalue weighted by Crippen LogP contribution is -2.53. The molecule has 0 saturated carbocycles. The SMILES string of the molecule is CCSc1ccccc1CON1C(N)=NC(N)=NC1(C)C. The topological polar surface area (TPSA) is 89.2 Å². The monoisotopic (exact) mass is 307 g/mol. The third-order valence-corrected chi connectivity index (χ3v) is 3.94. The molecule has 0 bridgehead atoms. The van der Waals surface area contributed by atoms with Crippen LogP contribution in [-0.4, -0.2) is 28.4 Å². The average Bonchev–Trinajstić information content (AvgIpc) is 2.38. The highest BCUT2D eigenvalue weighted by atomic mass is 32.2. The van der Waals surface area contributed by atoms with E-state index in [1.807, 2.05) is 32.0 Å². The Hall–Kier alpha value is -1.73. The fraction of sp³-hybridized carbons (Fsp3) is 0.429. The average molecular weight is 307 g/mol. The van der Waals surface area contributed by atoms with Gasteiger partial charge >= 0.3 is 0 Å². The first kappa shape index (κ1) is 15.7. The van der Waals surface area contributed by atoms with Gasteiger partial charge in [0.15, 0.2) is 5.66 Å². The molecule has 6 nitrogen and oxygen atoms in total. The molecule has 7 heteroatoms. The van der Waals surface area contributed by atoms with Gasteiger partial charge in [-0.25, -0.2) is 4.99 Å². The largest absolute Gasteiger partial charge is 0.368 e. The van der Waals surface area contributed by atoms with Gasteiger partial charge in [-0.15, -0.1) is 11.8 Å². The molecule has 0 aromatic heterocycles. The summed E-state index contributed by atoms with van der Waals surface area (Å²) < 4.78 is 0. The molecule has 1 aliphatic rings. The fourth-order valence-corrected chi connectivity index (χ4v) is 2.87. The van der Waals surface area contributed by atoms with Crippen molar-refractivity contribution < 1.29 is 4.84 Å². The van der Waals surface area contributed by atoms with Gasteiger partial charge in [-0.05, 0) is 31.2 Å². The molecule has 114 valence electrons. The summed E-state index contributed by atoms with van der Waals surface area (Å²) in [6.07, 6.45) is 0. The number of nitrogens with two attached hydrogens (primary N) is 2. The van der Waals surface area contributed by atoms with Gasteiger partial charge in [-0.3, -0.25) is 4.84 Å². The van der Waals surface area contributed by atoms with E-state index in [1.165, 1.54) is 9.96 Å². The highest BCUT2D eigenvalue weighted by Gasteiger charge is 2.33. The van der Waals surface area contributed by atoms with Gasteiger partial charge in [0, 0.05) is 4.90 Å². The van der Waals surface area contributed by atoms with E-state index >= 15 is 0 Å². The summed E-state index contributed by atoms with van der Waals surface area (Å²) >= 11 is 1.78. The van der Waals surface area contributed by atoms with E-state index in [0.29, 0.717) is 6.61 Å². The number of hydroxylamine groups is 2. The summed E-state index contributed by atoms with van der Waals surface area (Å²) in [4.78, 5) is 15.2. The minimum absolute atomic E-state index is 0.166. The maximum Gasteiger partial charge on any atom is 0.226 e. The number of guanidine groups is 2. The van der Waals surface area contributed by atoms with Crippen molar-refractivity contribution in [1.29, 1.82) is 0 Å². The molecule has 0 unspecified atom stereocenters. The van der Waals surface area contributed by atoms with Crippen LogP contribution >= 0.6 is 11.8 Å². The number of thioether (sulfide) groups is 1. The van der Waals surface area contributed by atoms with Crippen molar-refractivity contribution in [3.05, 3.63) is 29.8 Å². The number of hydrogen-bond donors (Lipinski definition) is 2. The van der Waals surface area contributed by atoms with Crippen LogP contribution in [0.25, 0.3) is 0 Å². The molecule has 4 N–H and O–H groups in total. The van der Waals surface area contributed by atoms with Crippen LogP contribution in [-0.2, 0) is 11.4 Å². The summed E-state index contributed by atoms with van der Waals surface area (Å²) in [5, 5.41) is 1.50. The van der Waals surface area contributed by atoms with Crippen molar-refractivity contribution in [2.24, 2.45) is 21.5 Å². The molecule has 0 amide bonds. The van der Waals surface area contributed by atoms with Crippen molar-refractivity contribution >= 4 is 23.7 Å². The van der Waals surface area contributed by atoms with E-state index in [9.17, 15) is 0 Å². The quantitative estimate of drug-likeness (QED) is 0.811. The van der Waals surface area contributed by atoms with Gasteiger partial charge in [0.2, 0.25) is 11.9 Å². The Balaban J connectivity index is 2.11. The Morgan fingerprint density at radius 2 is 2.00 bits per heavy atom. The third-order valence-electron chi connectivity index (χ3n) is 2.94. The molecule has 2 rings (SSSR count). The highest BCUT2D eigenvalue weighted by molar-refractivity contribution is 7.99. The Kier molecular flexibility index (Phi) is 4.74. The van der Waals surface area contributed by atoms with Crippen molar-refractivity contribution in [2.45, 2.75) is 37.9 Å². The highest BCUT2D eigenvalue weighted by Crippen LogP contribution is 2.25. The fourth-order valence-electron chi connectivity index (χ4n) is 2.07. The summed E-state index contributed by atoms with van der Waals surface area (Å²) in [7, 11) is 0. The predicted octanol–water partition coefficient (Wildman–Crippen LogP) is 1.91. The number of hydrogen-bond acceptors (Lipinski definition) is 7. The predicted molar refractivity (Wildman–Crippen MR) is 86.8 cm³/mol. The molecule has 0 spiro atoms. The molecule has 0 atom stereocenters. The van der Waals surface area contributed by atoms with Crippen LogP contribution in [0.3, 0.4) is 0 Å². The van der Waals surface area contributed by atoms with Gasteiger partial charge in [-0.2, -0.15) is 10.1 Å². The van der Waals surface area contributed by atoms with Crippen molar-refractivity contribution in [3.63, 3.8) is 0 Å². The molecule has 0 aliphatic carbocycles. The summed E-state index contributed by atoms with van der Waals surface area (Å²) in [6.45, 7) is 6.26. The van der Waals surface area contributed by atoms with Crippen molar-refractivity contribution in [3.8, 4) is 0 Å². The van der Waals surface area contributed by atoms with E-state index in [2.05, 4.69) is 23.0 Å². The van der Waals surface area contributed by atoms with E-state index in [0.717, 1.165) is 11.3 Å². The zero-order chi connectivity index (χ0) is 15.5. The van der Waals surface area contributed by atoms with E-state index in [1.54, 1.807) is 11.8 Å². The number of aliphatic imine (C=N–C) groups is 2. The van der Waals surface area contributed by atoms with Crippen LogP contribution in [0.5, 0.6) is 0 Å². The molecule has 0 saturated heterocycles. The van der Waals surface area contributed by atoms with Gasteiger partial charge < -0.3 is 11.5 Å². The molecule has 1 aromatic rings. The molecular formula is C14H21N5OS. The molecular weight excluding hydrogens is 286 g/mol. The summed E-state index contributed by atoms with van der Waals surface area (Å²) in [5.41, 5.74) is 12.0. The first-order chi connectivity index (χ1) is 9.94. The maximum absolute atomic E-state index is 5.89. The number of nitrogens with zero attached hydrogens (tertiary/aromatic N) is 3. The van der Waals surface area contributed by atoms with Crippen LogP contribution in [0.4, 0.5) is 0 Å². The number of rotatable bonds is 5. The van der Waals surface area contributed by atoms with Crippen molar-refractivity contribution in [1.82, 2.24) is 5.06 Å². The first-order valence-electron chi connectivity index (χ1n) is 6.77. The molecule has 0 radical (unpaired) electrons. The zero-order valence-electron chi connectivity index (χ0n) is 12.5. The normalized spacial score (nSPS) is 17.4. The lowest BCUT2D eigenvalue weighted by Gasteiger charge is -2.36. The molecule has 1 aliphatic heterocycles. The maximum atomic E-state index is 5.89. The molecule has 1 heterocycles. The van der Waals surface area contributed by atoms with Crippen molar-refractivity contribution in [2.75, 3.05) is 5.75 Å². The molecule has 1 aromatic carbocycles. The second-order valence-corrected chi connectivity index (χ2v) is 6.35. The lowest BCUT2D eigenvalue weighted by molar-refractivity contribution is -0.167. The molecule has 0 fully saturated rings. The van der Waals surface area contributed by atoms with Gasteiger partial charge in [0.25, 0.3) is 0 Å².